The minimum Gasteiger partial charge on any atom is -0.509 e. The first-order chi connectivity index (χ1) is 40.6. The molecule has 0 N–H and O–H groups in total. The molecule has 408 valence electrons. The Balaban J connectivity index is 0.00000768. The third-order valence-electron chi connectivity index (χ3n) is 15.8. The van der Waals surface area contributed by atoms with Crippen molar-refractivity contribution in [1.29, 1.82) is 0 Å². The minimum atomic E-state index is -2.88. The molecule has 1 aliphatic rings. The fourth-order valence-electron chi connectivity index (χ4n) is 11.5. The van der Waals surface area contributed by atoms with Crippen LogP contribution in [0.2, 0.25) is 0 Å². The van der Waals surface area contributed by atoms with E-state index in [4.69, 9.17) is 16.6 Å². The molecule has 0 bridgehead atoms. The van der Waals surface area contributed by atoms with Gasteiger partial charge in [-0.15, -0.1) is 41.4 Å². The topological polar surface area (TPSA) is 33.5 Å². The van der Waals surface area contributed by atoms with Crippen molar-refractivity contribution in [3.05, 3.63) is 266 Å². The van der Waals surface area contributed by atoms with Gasteiger partial charge in [0.05, 0.1) is 6.85 Å². The Labute approximate surface area is 502 Å². The molecule has 9 aromatic carbocycles. The Kier molecular flexibility index (Phi) is 13.3. The molecule has 7 heteroatoms. The Morgan fingerprint density at radius 3 is 1.79 bits per heavy atom. The Hall–Kier alpha value is -7.76. The van der Waals surface area contributed by atoms with Crippen LogP contribution in [-0.4, -0.2) is 24.2 Å². The van der Waals surface area contributed by atoms with E-state index < -0.39 is 14.1 Å². The molecule has 0 atom stereocenters. The van der Waals surface area contributed by atoms with Gasteiger partial charge in [-0.05, 0) is 119 Å². The molecule has 5 nitrogen and oxygen atoms in total. The number of rotatable bonds is 12. The Bertz CT molecular complexity index is 4220. The average molecular weight is 1260 g/mol. The van der Waals surface area contributed by atoms with Crippen molar-refractivity contribution in [1.82, 2.24) is 9.55 Å². The molecule has 12 rings (SSSR count). The predicted octanol–water partition coefficient (Wildman–Crippen LogP) is 15.8. The van der Waals surface area contributed by atoms with Crippen LogP contribution in [0, 0.1) is 18.8 Å². The van der Waals surface area contributed by atoms with Gasteiger partial charge in [-0.2, -0.15) is 18.8 Å². The summed E-state index contributed by atoms with van der Waals surface area (Å²) in [6.45, 7) is 22.3. The molecule has 0 saturated heterocycles. The van der Waals surface area contributed by atoms with E-state index in [1.807, 2.05) is 36.5 Å². The summed E-state index contributed by atoms with van der Waals surface area (Å²) in [7, 11) is -2.88. The van der Waals surface area contributed by atoms with Gasteiger partial charge >= 0.3 is 0 Å². The molecule has 2 aromatic heterocycles. The fraction of sp³-hybridized carbons (Fsp3) is 0.189. The standard InChI is InChI=1S/C74H69N4OSi.Pt/c1-72(2,3)54-34-33-53(65(45-54)52-23-14-10-15-24-52)42-44-76-51-77(70-46-55(73(4,5)6)35-39-68(70)76)57-25-22-26-58(48-57)79-59-36-38-64-66-50-63(37-40-67(66)78(69(64)49-59)71-47-56(41-43-75-71)74(7,8)9)80(60-27-16-11-17-28-60,61-29-18-12-19-30-61)62-31-20-13-21-32-62;/h10-41,43,45-47,50-51H,42,44H2,1-9H3;/q-3;/i10D,14D,15D,23D,24D;. The van der Waals surface area contributed by atoms with Gasteiger partial charge in [-0.25, -0.2) is 4.98 Å². The smallest absolute Gasteiger partial charge is 0.179 e. The van der Waals surface area contributed by atoms with E-state index in [0.717, 1.165) is 55.8 Å². The monoisotopic (exact) mass is 1260 g/mol. The maximum absolute atomic E-state index is 8.99. The molecule has 81 heavy (non-hydrogen) atoms. The van der Waals surface area contributed by atoms with Crippen molar-refractivity contribution in [2.24, 2.45) is 0 Å². The van der Waals surface area contributed by atoms with E-state index in [2.05, 4.69) is 253 Å². The molecule has 0 spiro atoms. The third-order valence-corrected chi connectivity index (χ3v) is 20.6. The van der Waals surface area contributed by atoms with Crippen LogP contribution >= 0.6 is 0 Å². The van der Waals surface area contributed by atoms with Crippen LogP contribution in [0.15, 0.2) is 224 Å². The third kappa shape index (κ3) is 10.6. The molecule has 0 fully saturated rings. The number of pyridine rings is 1. The van der Waals surface area contributed by atoms with Gasteiger partial charge < -0.3 is 19.1 Å². The van der Waals surface area contributed by atoms with E-state index in [1.54, 1.807) is 0 Å². The van der Waals surface area contributed by atoms with Gasteiger partial charge in [0.15, 0.2) is 8.07 Å². The summed E-state index contributed by atoms with van der Waals surface area (Å²) in [4.78, 5) is 9.45. The van der Waals surface area contributed by atoms with Crippen LogP contribution in [0.4, 0.5) is 17.1 Å². The molecule has 1 aliphatic heterocycles. The summed E-state index contributed by atoms with van der Waals surface area (Å²) >= 11 is 0. The minimum absolute atomic E-state index is 0. The maximum atomic E-state index is 8.99. The molecule has 0 saturated carbocycles. The van der Waals surface area contributed by atoms with Crippen molar-refractivity contribution in [2.45, 2.75) is 85.0 Å². The van der Waals surface area contributed by atoms with Crippen molar-refractivity contribution in [2.75, 3.05) is 16.3 Å². The zero-order valence-corrected chi connectivity index (χ0v) is 50.8. The quantitative estimate of drug-likeness (QED) is 0.0693. The van der Waals surface area contributed by atoms with E-state index in [1.165, 1.54) is 31.9 Å². The van der Waals surface area contributed by atoms with Crippen molar-refractivity contribution in [3.8, 4) is 28.4 Å². The van der Waals surface area contributed by atoms with Gasteiger partial charge in [0.25, 0.3) is 0 Å². The number of nitrogens with zero attached hydrogens (tertiary/aromatic N) is 4. The number of benzene rings is 9. The first-order valence-electron chi connectivity index (χ1n) is 30.2. The van der Waals surface area contributed by atoms with Crippen molar-refractivity contribution in [3.63, 3.8) is 0 Å². The first-order valence-corrected chi connectivity index (χ1v) is 29.7. The summed E-state index contributed by atoms with van der Waals surface area (Å²) in [5, 5.41) is 7.32. The molecule has 11 aromatic rings. The summed E-state index contributed by atoms with van der Waals surface area (Å²) < 4.78 is 52.5. The maximum Gasteiger partial charge on any atom is 0.179 e. The van der Waals surface area contributed by atoms with E-state index in [-0.39, 0.29) is 67.0 Å². The summed E-state index contributed by atoms with van der Waals surface area (Å²) in [5.74, 6) is 1.86. The molecule has 0 radical (unpaired) electrons. The predicted molar refractivity (Wildman–Crippen MR) is 338 cm³/mol. The van der Waals surface area contributed by atoms with Gasteiger partial charge in [0.2, 0.25) is 0 Å². The normalized spacial score (nSPS) is 13.8. The van der Waals surface area contributed by atoms with E-state index in [0.29, 0.717) is 30.0 Å². The largest absolute Gasteiger partial charge is 0.509 e. The molecule has 0 unspecified atom stereocenters. The van der Waals surface area contributed by atoms with Gasteiger partial charge in [-0.3, -0.25) is 0 Å². The molecular weight excluding hydrogens is 1180 g/mol. The van der Waals surface area contributed by atoms with Gasteiger partial charge in [-0.1, -0.05) is 225 Å². The van der Waals surface area contributed by atoms with E-state index in [9.17, 15) is 0 Å². The zero-order valence-electron chi connectivity index (χ0n) is 52.5. The van der Waals surface area contributed by atoms with Crippen LogP contribution in [0.25, 0.3) is 38.8 Å². The fourth-order valence-corrected chi connectivity index (χ4v) is 16.2. The van der Waals surface area contributed by atoms with Crippen molar-refractivity contribution < 1.29 is 32.7 Å². The first kappa shape index (κ1) is 49.1. The summed E-state index contributed by atoms with van der Waals surface area (Å²) in [6.07, 6.45) is 2.44. The Morgan fingerprint density at radius 1 is 0.543 bits per heavy atom. The SMILES string of the molecule is [2H]c1c([2H])c([2H])c(-c2cc(C(C)(C)C)ccc2CCN2[CH-]N(c3[c-]c(Oc4[c-]c5c(cc4)c4cc([Si](c6ccccc6)(c6ccccc6)c6ccccc6)ccc4n5-c4cc(C(C)(C)C)ccn4)ccc3)c3cc(C(C)(C)C)ccc32)c([2H])c1[2H].[Pt]. The molecule has 3 heterocycles. The second-order valence-corrected chi connectivity index (χ2v) is 28.0. The van der Waals surface area contributed by atoms with Crippen LogP contribution in [0.3, 0.4) is 0 Å². The molecule has 0 amide bonds. The molecule has 0 aliphatic carbocycles. The number of fused-ring (bicyclic) bond motifs is 4. The molecular formula is C74H69N4OPtSi-3. The number of hydrogen-bond donors (Lipinski definition) is 0. The number of ether oxygens (including phenoxy) is 1. The van der Waals surface area contributed by atoms with Gasteiger partial charge in [0.1, 0.15) is 5.82 Å². The van der Waals surface area contributed by atoms with E-state index >= 15 is 0 Å². The zero-order chi connectivity index (χ0) is 59.7. The van der Waals surface area contributed by atoms with Crippen LogP contribution in [0.5, 0.6) is 11.5 Å². The van der Waals surface area contributed by atoms with Gasteiger partial charge in [0, 0.05) is 55.7 Å². The number of anilines is 3. The number of aromatic nitrogens is 2. The second-order valence-electron chi connectivity index (χ2n) is 24.2. The van der Waals surface area contributed by atoms with Crippen LogP contribution in [-0.2, 0) is 43.7 Å². The van der Waals surface area contributed by atoms with Crippen molar-refractivity contribution >= 4 is 67.7 Å². The van der Waals surface area contributed by atoms with Crippen LogP contribution < -0.4 is 35.3 Å². The van der Waals surface area contributed by atoms with Crippen LogP contribution in [0.1, 0.15) is 91.4 Å². The Morgan fingerprint density at radius 2 is 1.15 bits per heavy atom. The average Bonchev–Trinajstić information content (AvgIpc) is 1.39. The summed E-state index contributed by atoms with van der Waals surface area (Å²) in [6, 6.07) is 73.2. The summed E-state index contributed by atoms with van der Waals surface area (Å²) in [5.41, 5.74) is 9.30. The second kappa shape index (κ2) is 21.9. The number of hydrogen-bond acceptors (Lipinski definition) is 4.